The molecule has 143 valence electrons. The molecule has 3 aromatic carbocycles. The van der Waals surface area contributed by atoms with Crippen LogP contribution in [0.25, 0.3) is 10.8 Å². The smallest absolute Gasteiger partial charge is 0.231 e. The molecule has 1 heterocycles. The highest BCUT2D eigenvalue weighted by Gasteiger charge is 2.16. The topological polar surface area (TPSA) is 64.8 Å². The third-order valence-electron chi connectivity index (χ3n) is 4.95. The molecule has 5 nitrogen and oxygen atoms in total. The zero-order valence-corrected chi connectivity index (χ0v) is 15.9. The predicted octanol–water partition coefficient (Wildman–Crippen LogP) is 3.79. The van der Waals surface area contributed by atoms with Gasteiger partial charge in [0.2, 0.25) is 12.7 Å². The van der Waals surface area contributed by atoms with Gasteiger partial charge in [-0.25, -0.2) is 0 Å². The van der Waals surface area contributed by atoms with Crippen molar-refractivity contribution in [2.24, 2.45) is 0 Å². The lowest BCUT2D eigenvalue weighted by molar-refractivity contribution is -0.129. The van der Waals surface area contributed by atoms with E-state index in [2.05, 4.69) is 24.6 Å². The molecule has 1 aliphatic rings. The first-order chi connectivity index (χ1) is 13.6. The van der Waals surface area contributed by atoms with E-state index in [1.165, 1.54) is 0 Å². The number of nitrogen functional groups attached to an aromatic ring is 1. The highest BCUT2D eigenvalue weighted by Crippen LogP contribution is 2.32. The highest BCUT2D eigenvalue weighted by molar-refractivity contribution is 5.86. The number of rotatable bonds is 6. The number of nitrogens with zero attached hydrogens (tertiary/aromatic N) is 1. The summed E-state index contributed by atoms with van der Waals surface area (Å²) in [4.78, 5) is 14.3. The summed E-state index contributed by atoms with van der Waals surface area (Å²) in [6.45, 7) is 0.911. The van der Waals surface area contributed by atoms with Crippen LogP contribution in [0.3, 0.4) is 0 Å². The minimum atomic E-state index is 0.0845. The van der Waals surface area contributed by atoms with Crippen molar-refractivity contribution >= 4 is 22.4 Å². The van der Waals surface area contributed by atoms with E-state index in [4.69, 9.17) is 15.2 Å². The molecule has 1 amide bonds. The number of carbonyl (C=O) groups excluding carboxylic acids is 1. The Balaban J connectivity index is 1.29. The standard InChI is InChI=1S/C23H23N2O3/c1-25(23(26)13-17-5-9-21-22(12-17)28-15-27-21)10-2-3-16-4-6-19-14-20(24)8-7-18(19)11-16/h3-9,11-12,14H,2,10,13,15,24H2,1H3. The van der Waals surface area contributed by atoms with E-state index in [0.717, 1.165) is 39.8 Å². The molecular weight excluding hydrogens is 352 g/mol. The average molecular weight is 375 g/mol. The van der Waals surface area contributed by atoms with Crippen LogP contribution >= 0.6 is 0 Å². The van der Waals surface area contributed by atoms with Crippen molar-refractivity contribution in [3.63, 3.8) is 0 Å². The summed E-state index contributed by atoms with van der Waals surface area (Å²) < 4.78 is 10.7. The number of hydrogen-bond donors (Lipinski definition) is 1. The second-order valence-corrected chi connectivity index (χ2v) is 7.04. The van der Waals surface area contributed by atoms with Crippen LogP contribution < -0.4 is 15.2 Å². The Labute approximate surface area is 164 Å². The van der Waals surface area contributed by atoms with Crippen LogP contribution in [0.4, 0.5) is 5.69 Å². The van der Waals surface area contributed by atoms with Crippen LogP contribution in [0, 0.1) is 6.42 Å². The fraction of sp³-hybridized carbons (Fsp3) is 0.217. The summed E-state index contributed by atoms with van der Waals surface area (Å²) >= 11 is 0. The summed E-state index contributed by atoms with van der Waals surface area (Å²) in [5, 5.41) is 2.29. The zero-order valence-electron chi connectivity index (χ0n) is 15.9. The molecule has 0 spiro atoms. The largest absolute Gasteiger partial charge is 0.454 e. The van der Waals surface area contributed by atoms with Gasteiger partial charge >= 0.3 is 0 Å². The molecule has 5 heteroatoms. The monoisotopic (exact) mass is 375 g/mol. The average Bonchev–Trinajstić information content (AvgIpc) is 3.15. The summed E-state index contributed by atoms with van der Waals surface area (Å²) in [6, 6.07) is 17.9. The molecule has 1 aliphatic heterocycles. The van der Waals surface area contributed by atoms with Gasteiger partial charge in [0.25, 0.3) is 0 Å². The first-order valence-electron chi connectivity index (χ1n) is 9.33. The number of likely N-dealkylation sites (N-methyl/N-ethyl adjacent to an activating group) is 1. The number of nitrogens with two attached hydrogens (primary N) is 1. The first-order valence-corrected chi connectivity index (χ1v) is 9.33. The maximum Gasteiger partial charge on any atom is 0.231 e. The van der Waals surface area contributed by atoms with E-state index in [1.807, 2.05) is 43.4 Å². The van der Waals surface area contributed by atoms with Crippen molar-refractivity contribution in [1.29, 1.82) is 0 Å². The Morgan fingerprint density at radius 1 is 1.04 bits per heavy atom. The molecule has 0 bridgehead atoms. The molecule has 3 aromatic rings. The molecule has 0 saturated carbocycles. The molecule has 0 saturated heterocycles. The molecule has 0 aliphatic carbocycles. The van der Waals surface area contributed by atoms with Crippen molar-refractivity contribution in [2.75, 3.05) is 26.1 Å². The van der Waals surface area contributed by atoms with Gasteiger partial charge in [-0.3, -0.25) is 4.79 Å². The maximum atomic E-state index is 12.5. The summed E-state index contributed by atoms with van der Waals surface area (Å²) in [6.07, 6.45) is 3.30. The van der Waals surface area contributed by atoms with Gasteiger partial charge in [0.1, 0.15) is 0 Å². The summed E-state index contributed by atoms with van der Waals surface area (Å²) in [5.74, 6) is 1.53. The van der Waals surface area contributed by atoms with Gasteiger partial charge in [-0.1, -0.05) is 30.3 Å². The third-order valence-corrected chi connectivity index (χ3v) is 4.95. The van der Waals surface area contributed by atoms with Gasteiger partial charge in [0, 0.05) is 19.3 Å². The second-order valence-electron chi connectivity index (χ2n) is 7.04. The van der Waals surface area contributed by atoms with Crippen LogP contribution in [0.15, 0.2) is 54.6 Å². The zero-order chi connectivity index (χ0) is 19.5. The van der Waals surface area contributed by atoms with E-state index in [0.29, 0.717) is 18.7 Å². The van der Waals surface area contributed by atoms with E-state index in [-0.39, 0.29) is 12.7 Å². The van der Waals surface area contributed by atoms with Crippen molar-refractivity contribution in [3.8, 4) is 11.5 Å². The van der Waals surface area contributed by atoms with Crippen molar-refractivity contribution in [3.05, 3.63) is 72.1 Å². The van der Waals surface area contributed by atoms with Crippen LogP contribution in [-0.2, 0) is 11.2 Å². The lowest BCUT2D eigenvalue weighted by Crippen LogP contribution is -2.29. The molecule has 0 atom stereocenters. The van der Waals surface area contributed by atoms with E-state index in [1.54, 1.807) is 4.90 Å². The maximum absolute atomic E-state index is 12.5. The van der Waals surface area contributed by atoms with Gasteiger partial charge in [0.05, 0.1) is 6.42 Å². The number of amides is 1. The Bertz CT molecular complexity index is 1020. The second kappa shape index (κ2) is 7.80. The molecule has 1 radical (unpaired) electrons. The lowest BCUT2D eigenvalue weighted by atomic mass is 10.0. The number of hydrogen-bond acceptors (Lipinski definition) is 4. The molecule has 2 N–H and O–H groups in total. The number of benzene rings is 3. The molecular formula is C23H23N2O3. The Hall–Kier alpha value is -3.21. The van der Waals surface area contributed by atoms with E-state index < -0.39 is 0 Å². The van der Waals surface area contributed by atoms with Crippen LogP contribution in [0.5, 0.6) is 11.5 Å². The minimum Gasteiger partial charge on any atom is -0.454 e. The molecule has 0 aromatic heterocycles. The van der Waals surface area contributed by atoms with Crippen LogP contribution in [0.1, 0.15) is 17.5 Å². The predicted molar refractivity (Wildman–Crippen MR) is 110 cm³/mol. The van der Waals surface area contributed by atoms with E-state index >= 15 is 0 Å². The molecule has 0 fully saturated rings. The fourth-order valence-electron chi connectivity index (χ4n) is 3.32. The van der Waals surface area contributed by atoms with E-state index in [9.17, 15) is 4.79 Å². The number of ether oxygens (including phenoxy) is 2. The molecule has 4 rings (SSSR count). The first kappa shape index (κ1) is 18.2. The Kier molecular flexibility index (Phi) is 5.06. The third kappa shape index (κ3) is 4.03. The fourth-order valence-corrected chi connectivity index (χ4v) is 3.32. The van der Waals surface area contributed by atoms with Gasteiger partial charge in [-0.2, -0.15) is 0 Å². The Morgan fingerprint density at radius 3 is 2.71 bits per heavy atom. The Morgan fingerprint density at radius 2 is 1.82 bits per heavy atom. The van der Waals surface area contributed by atoms with Crippen molar-refractivity contribution < 1.29 is 14.3 Å². The van der Waals surface area contributed by atoms with Crippen LogP contribution in [-0.4, -0.2) is 31.2 Å². The SMILES string of the molecule is CN(CC[CH]c1ccc2cc(N)ccc2c1)C(=O)Cc1ccc2c(c1)OCO2. The molecule has 28 heavy (non-hydrogen) atoms. The number of anilines is 1. The van der Waals surface area contributed by atoms with Gasteiger partial charge in [-0.15, -0.1) is 0 Å². The minimum absolute atomic E-state index is 0.0845. The van der Waals surface area contributed by atoms with Gasteiger partial charge in [-0.05, 0) is 59.0 Å². The van der Waals surface area contributed by atoms with Crippen molar-refractivity contribution in [2.45, 2.75) is 12.8 Å². The van der Waals surface area contributed by atoms with Gasteiger partial charge < -0.3 is 20.1 Å². The van der Waals surface area contributed by atoms with Crippen LogP contribution in [0.2, 0.25) is 0 Å². The van der Waals surface area contributed by atoms with Gasteiger partial charge in [0.15, 0.2) is 11.5 Å². The van der Waals surface area contributed by atoms with Crippen molar-refractivity contribution in [1.82, 2.24) is 4.90 Å². The number of carbonyl (C=O) groups is 1. The lowest BCUT2D eigenvalue weighted by Gasteiger charge is -2.17. The summed E-state index contributed by atoms with van der Waals surface area (Å²) in [5.41, 5.74) is 8.67. The quantitative estimate of drug-likeness (QED) is 0.666. The highest BCUT2D eigenvalue weighted by atomic mass is 16.7. The normalized spacial score (nSPS) is 12.3. The molecule has 0 unspecified atom stereocenters. The summed E-state index contributed by atoms with van der Waals surface area (Å²) in [7, 11) is 1.84. The number of fused-ring (bicyclic) bond motifs is 2.